The van der Waals surface area contributed by atoms with E-state index in [-0.39, 0.29) is 41.1 Å². The van der Waals surface area contributed by atoms with Crippen molar-refractivity contribution in [3.63, 3.8) is 0 Å². The van der Waals surface area contributed by atoms with E-state index < -0.39 is 9.84 Å². The first-order valence-electron chi connectivity index (χ1n) is 5.62. The van der Waals surface area contributed by atoms with Crippen molar-refractivity contribution in [3.8, 4) is 18.1 Å². The molecule has 1 fully saturated rings. The highest BCUT2D eigenvalue weighted by molar-refractivity contribution is 7.90. The minimum absolute atomic E-state index is 0.0530. The van der Waals surface area contributed by atoms with Gasteiger partial charge in [-0.05, 0) is 18.2 Å². The van der Waals surface area contributed by atoms with Crippen LogP contribution in [-0.4, -0.2) is 32.2 Å². The van der Waals surface area contributed by atoms with Crippen LogP contribution in [-0.2, 0) is 14.6 Å². The second kappa shape index (κ2) is 4.59. The van der Waals surface area contributed by atoms with Crippen molar-refractivity contribution in [1.29, 1.82) is 0 Å². The first-order chi connectivity index (χ1) is 8.82. The van der Waals surface area contributed by atoms with Crippen LogP contribution in [0.1, 0.15) is 6.42 Å². The summed E-state index contributed by atoms with van der Waals surface area (Å²) in [5, 5.41) is 9.80. The average molecular weight is 279 g/mol. The molecule has 1 saturated heterocycles. The summed E-state index contributed by atoms with van der Waals surface area (Å²) in [6, 6.07) is 3.86. The Hall–Kier alpha value is -2.00. The SMILES string of the molecule is C#CC1CC(=O)N(c2cc(S(C)(=O)=O)ccc2O)C1. The van der Waals surface area contributed by atoms with Gasteiger partial charge in [0.1, 0.15) is 5.75 Å². The zero-order valence-corrected chi connectivity index (χ0v) is 11.1. The van der Waals surface area contributed by atoms with E-state index in [1.807, 2.05) is 0 Å². The zero-order chi connectivity index (χ0) is 14.2. The molecular formula is C13H13NO4S. The van der Waals surface area contributed by atoms with Crippen LogP contribution >= 0.6 is 0 Å². The van der Waals surface area contributed by atoms with Crippen molar-refractivity contribution in [2.45, 2.75) is 11.3 Å². The maximum atomic E-state index is 11.8. The molecule has 19 heavy (non-hydrogen) atoms. The average Bonchev–Trinajstić information content (AvgIpc) is 2.69. The number of amides is 1. The summed E-state index contributed by atoms with van der Waals surface area (Å²) in [6.07, 6.45) is 6.56. The van der Waals surface area contributed by atoms with E-state index in [2.05, 4.69) is 5.92 Å². The number of carbonyl (C=O) groups excluding carboxylic acids is 1. The van der Waals surface area contributed by atoms with Crippen LogP contribution in [0.25, 0.3) is 0 Å². The number of aromatic hydroxyl groups is 1. The number of terminal acetylenes is 1. The van der Waals surface area contributed by atoms with E-state index in [4.69, 9.17) is 6.42 Å². The first kappa shape index (κ1) is 13.4. The van der Waals surface area contributed by atoms with Crippen molar-refractivity contribution in [3.05, 3.63) is 18.2 Å². The quantitative estimate of drug-likeness (QED) is 0.812. The molecule has 1 amide bonds. The molecule has 1 atom stereocenters. The molecule has 0 aliphatic carbocycles. The number of sulfone groups is 1. The van der Waals surface area contributed by atoms with Gasteiger partial charge < -0.3 is 10.0 Å². The number of hydrogen-bond acceptors (Lipinski definition) is 4. The van der Waals surface area contributed by atoms with Crippen LogP contribution in [0.4, 0.5) is 5.69 Å². The van der Waals surface area contributed by atoms with Crippen LogP contribution < -0.4 is 4.90 Å². The summed E-state index contributed by atoms with van der Waals surface area (Å²) < 4.78 is 23.0. The Morgan fingerprint density at radius 1 is 1.47 bits per heavy atom. The van der Waals surface area contributed by atoms with Gasteiger partial charge in [0, 0.05) is 25.1 Å². The second-order valence-electron chi connectivity index (χ2n) is 4.49. The topological polar surface area (TPSA) is 74.7 Å². The van der Waals surface area contributed by atoms with Gasteiger partial charge in [0.05, 0.1) is 10.6 Å². The van der Waals surface area contributed by atoms with Gasteiger partial charge in [-0.25, -0.2) is 8.42 Å². The zero-order valence-electron chi connectivity index (χ0n) is 10.3. The van der Waals surface area contributed by atoms with Crippen LogP contribution in [0, 0.1) is 18.3 Å². The summed E-state index contributed by atoms with van der Waals surface area (Å²) in [5.41, 5.74) is 0.186. The molecule has 1 heterocycles. The number of anilines is 1. The van der Waals surface area contributed by atoms with E-state index in [0.29, 0.717) is 0 Å². The molecule has 5 nitrogen and oxygen atoms in total. The Morgan fingerprint density at radius 2 is 2.16 bits per heavy atom. The van der Waals surface area contributed by atoms with E-state index >= 15 is 0 Å². The van der Waals surface area contributed by atoms with Crippen LogP contribution in [0.3, 0.4) is 0 Å². The lowest BCUT2D eigenvalue weighted by atomic mass is 10.1. The Labute approximate surface area is 111 Å². The molecule has 2 rings (SSSR count). The normalized spacial score (nSPS) is 19.5. The predicted molar refractivity (Wildman–Crippen MR) is 70.5 cm³/mol. The Balaban J connectivity index is 2.46. The number of hydrogen-bond donors (Lipinski definition) is 1. The van der Waals surface area contributed by atoms with Crippen LogP contribution in [0.2, 0.25) is 0 Å². The molecule has 1 unspecified atom stereocenters. The molecule has 6 heteroatoms. The minimum Gasteiger partial charge on any atom is -0.506 e. The van der Waals surface area contributed by atoms with Crippen molar-refractivity contribution in [2.75, 3.05) is 17.7 Å². The lowest BCUT2D eigenvalue weighted by Gasteiger charge is -2.18. The maximum Gasteiger partial charge on any atom is 0.228 e. The van der Waals surface area contributed by atoms with Gasteiger partial charge in [0.15, 0.2) is 9.84 Å². The number of nitrogens with zero attached hydrogens (tertiary/aromatic N) is 1. The van der Waals surface area contributed by atoms with Gasteiger partial charge in [-0.3, -0.25) is 4.79 Å². The fraction of sp³-hybridized carbons (Fsp3) is 0.308. The van der Waals surface area contributed by atoms with Crippen LogP contribution in [0.5, 0.6) is 5.75 Å². The van der Waals surface area contributed by atoms with Gasteiger partial charge >= 0.3 is 0 Å². The minimum atomic E-state index is -3.40. The summed E-state index contributed by atoms with van der Waals surface area (Å²) in [4.78, 5) is 13.2. The molecule has 0 bridgehead atoms. The molecular weight excluding hydrogens is 266 g/mol. The molecule has 1 aliphatic heterocycles. The fourth-order valence-corrected chi connectivity index (χ4v) is 2.64. The van der Waals surface area contributed by atoms with E-state index in [1.54, 1.807) is 0 Å². The van der Waals surface area contributed by atoms with Gasteiger partial charge in [-0.2, -0.15) is 0 Å². The van der Waals surface area contributed by atoms with Crippen molar-refractivity contribution in [1.82, 2.24) is 0 Å². The molecule has 0 saturated carbocycles. The third-order valence-electron chi connectivity index (χ3n) is 3.03. The van der Waals surface area contributed by atoms with E-state index in [0.717, 1.165) is 6.26 Å². The van der Waals surface area contributed by atoms with E-state index in [9.17, 15) is 18.3 Å². The lowest BCUT2D eigenvalue weighted by molar-refractivity contribution is -0.117. The van der Waals surface area contributed by atoms with Crippen LogP contribution in [0.15, 0.2) is 23.1 Å². The van der Waals surface area contributed by atoms with Crippen molar-refractivity contribution < 1.29 is 18.3 Å². The molecule has 1 aromatic carbocycles. The smallest absolute Gasteiger partial charge is 0.228 e. The summed E-state index contributed by atoms with van der Waals surface area (Å²) in [6.45, 7) is 0.288. The fourth-order valence-electron chi connectivity index (χ4n) is 2.00. The highest BCUT2D eigenvalue weighted by Gasteiger charge is 2.31. The van der Waals surface area contributed by atoms with E-state index in [1.165, 1.54) is 23.1 Å². The summed E-state index contributed by atoms with van der Waals surface area (Å²) in [5.74, 6) is 1.92. The third-order valence-corrected chi connectivity index (χ3v) is 4.14. The highest BCUT2D eigenvalue weighted by Crippen LogP contribution is 2.34. The van der Waals surface area contributed by atoms with Gasteiger partial charge in [0.2, 0.25) is 5.91 Å². The molecule has 1 N–H and O–H groups in total. The Morgan fingerprint density at radius 3 is 2.68 bits per heavy atom. The van der Waals surface area contributed by atoms with Gasteiger partial charge in [-0.1, -0.05) is 0 Å². The Bertz CT molecular complexity index is 672. The van der Waals surface area contributed by atoms with Gasteiger partial charge in [-0.15, -0.1) is 12.3 Å². The number of rotatable bonds is 2. The summed E-state index contributed by atoms with van der Waals surface area (Å²) >= 11 is 0. The van der Waals surface area contributed by atoms with Crippen molar-refractivity contribution in [2.24, 2.45) is 5.92 Å². The number of benzene rings is 1. The highest BCUT2D eigenvalue weighted by atomic mass is 32.2. The lowest BCUT2D eigenvalue weighted by Crippen LogP contribution is -2.24. The first-order valence-corrected chi connectivity index (χ1v) is 7.51. The molecule has 1 aromatic rings. The largest absolute Gasteiger partial charge is 0.506 e. The number of phenols is 1. The Kier molecular flexibility index (Phi) is 3.25. The molecule has 0 spiro atoms. The second-order valence-corrected chi connectivity index (χ2v) is 6.51. The maximum absolute atomic E-state index is 11.8. The number of phenolic OH excluding ortho intramolecular Hbond substituents is 1. The number of carbonyl (C=O) groups is 1. The third kappa shape index (κ3) is 2.56. The predicted octanol–water partition coefficient (Wildman–Crippen LogP) is 0.782. The molecule has 0 aromatic heterocycles. The summed E-state index contributed by atoms with van der Waals surface area (Å²) in [7, 11) is -3.40. The standard InChI is InChI=1S/C13H13NO4S/c1-3-9-6-13(16)14(8-9)11-7-10(19(2,17)18)4-5-12(11)15/h1,4-5,7,9,15H,6,8H2,2H3. The molecule has 100 valence electrons. The monoisotopic (exact) mass is 279 g/mol. The van der Waals surface area contributed by atoms with Gasteiger partial charge in [0.25, 0.3) is 0 Å². The molecule has 1 aliphatic rings. The van der Waals surface area contributed by atoms with Crippen molar-refractivity contribution >= 4 is 21.4 Å². The molecule has 0 radical (unpaired) electrons.